The second kappa shape index (κ2) is 8.11. The molecule has 29 heavy (non-hydrogen) atoms. The lowest BCUT2D eigenvalue weighted by Gasteiger charge is -2.16. The van der Waals surface area contributed by atoms with E-state index in [0.717, 1.165) is 35.2 Å². The molecule has 3 rings (SSSR count). The summed E-state index contributed by atoms with van der Waals surface area (Å²) in [7, 11) is 1.60. The second-order valence-electron chi connectivity index (χ2n) is 7.38. The van der Waals surface area contributed by atoms with Crippen molar-refractivity contribution >= 4 is 11.4 Å². The van der Waals surface area contributed by atoms with Crippen molar-refractivity contribution in [3.8, 4) is 17.1 Å². The fraction of sp³-hybridized carbons (Fsp3) is 0.409. The number of carbonyl (C=O) groups excluding carboxylic acids is 1. The van der Waals surface area contributed by atoms with E-state index in [-0.39, 0.29) is 18.0 Å². The normalized spacial score (nSPS) is 11.4. The van der Waals surface area contributed by atoms with Gasteiger partial charge in [-0.15, -0.1) is 5.10 Å². The third-order valence-corrected chi connectivity index (χ3v) is 5.50. The van der Waals surface area contributed by atoms with E-state index in [1.807, 2.05) is 38.1 Å². The highest BCUT2D eigenvalue weighted by atomic mass is 16.5. The Kier molecular flexibility index (Phi) is 5.77. The molecule has 2 N–H and O–H groups in total. The molecule has 7 heteroatoms. The van der Waals surface area contributed by atoms with Gasteiger partial charge in [0.05, 0.1) is 7.11 Å². The minimum absolute atomic E-state index is 0.226. The molecule has 1 aromatic carbocycles. The van der Waals surface area contributed by atoms with Crippen LogP contribution < -0.4 is 16.0 Å². The Labute approximate surface area is 170 Å². The fourth-order valence-electron chi connectivity index (χ4n) is 3.92. The van der Waals surface area contributed by atoms with Gasteiger partial charge in [-0.3, -0.25) is 14.2 Å². The number of hydrogen-bond donors (Lipinski definition) is 1. The minimum atomic E-state index is -0.585. The van der Waals surface area contributed by atoms with Crippen LogP contribution in [0.4, 0.5) is 0 Å². The zero-order chi connectivity index (χ0) is 21.3. The van der Waals surface area contributed by atoms with Crippen molar-refractivity contribution in [1.82, 2.24) is 14.2 Å². The van der Waals surface area contributed by atoms with E-state index < -0.39 is 5.91 Å². The molecule has 0 radical (unpaired) electrons. The summed E-state index contributed by atoms with van der Waals surface area (Å²) in [5.41, 5.74) is 9.24. The van der Waals surface area contributed by atoms with Crippen molar-refractivity contribution in [3.63, 3.8) is 0 Å². The molecule has 3 aromatic rings. The molecule has 2 heterocycles. The van der Waals surface area contributed by atoms with E-state index in [0.29, 0.717) is 17.1 Å². The predicted molar refractivity (Wildman–Crippen MR) is 113 cm³/mol. The number of primary amides is 1. The average molecular weight is 396 g/mol. The number of rotatable bonds is 7. The highest BCUT2D eigenvalue weighted by Gasteiger charge is 2.23. The number of ether oxygens (including phenoxy) is 1. The first kappa shape index (κ1) is 20.6. The summed E-state index contributed by atoms with van der Waals surface area (Å²) in [5.74, 6) is 0.794. The van der Waals surface area contributed by atoms with Gasteiger partial charge in [0, 0.05) is 11.3 Å². The Morgan fingerprint density at radius 1 is 1.21 bits per heavy atom. The van der Waals surface area contributed by atoms with Crippen LogP contribution in [0, 0.1) is 13.8 Å². The van der Waals surface area contributed by atoms with Gasteiger partial charge in [-0.2, -0.15) is 0 Å². The molecule has 0 aliphatic rings. The van der Waals surface area contributed by atoms with Crippen molar-refractivity contribution in [2.75, 3.05) is 7.11 Å². The number of benzene rings is 1. The Morgan fingerprint density at radius 2 is 1.90 bits per heavy atom. The van der Waals surface area contributed by atoms with Gasteiger partial charge in [0.15, 0.2) is 5.82 Å². The Bertz CT molecular complexity index is 1120. The summed E-state index contributed by atoms with van der Waals surface area (Å²) in [6, 6.07) is 7.56. The maximum atomic E-state index is 13.5. The van der Waals surface area contributed by atoms with Crippen LogP contribution in [0.15, 0.2) is 29.1 Å². The largest absolute Gasteiger partial charge is 0.497 e. The number of nitrogens with two attached hydrogens (primary N) is 1. The first-order valence-corrected chi connectivity index (χ1v) is 9.88. The zero-order valence-corrected chi connectivity index (χ0v) is 17.7. The maximum absolute atomic E-state index is 13.5. The van der Waals surface area contributed by atoms with E-state index in [2.05, 4.69) is 13.8 Å². The fourth-order valence-corrected chi connectivity index (χ4v) is 3.92. The summed E-state index contributed by atoms with van der Waals surface area (Å²) in [6.07, 6.45) is 1.84. The number of methoxy groups -OCH3 is 1. The second-order valence-corrected chi connectivity index (χ2v) is 7.38. The Hall–Kier alpha value is -3.09. The van der Waals surface area contributed by atoms with Gasteiger partial charge in [0.25, 0.3) is 5.56 Å². The van der Waals surface area contributed by atoms with Gasteiger partial charge in [-0.1, -0.05) is 13.8 Å². The number of aryl methyl sites for hydroxylation is 2. The third kappa shape index (κ3) is 3.64. The highest BCUT2D eigenvalue weighted by molar-refractivity contribution is 5.75. The molecule has 1 amide bonds. The average Bonchev–Trinajstić information content (AvgIpc) is 3.01. The van der Waals surface area contributed by atoms with Gasteiger partial charge in [0.2, 0.25) is 5.91 Å². The number of aromatic nitrogens is 3. The zero-order valence-electron chi connectivity index (χ0n) is 17.7. The topological polar surface area (TPSA) is 91.6 Å². The Morgan fingerprint density at radius 3 is 2.45 bits per heavy atom. The molecular formula is C22H28N4O3. The minimum Gasteiger partial charge on any atom is -0.497 e. The van der Waals surface area contributed by atoms with Gasteiger partial charge < -0.3 is 10.5 Å². The van der Waals surface area contributed by atoms with Gasteiger partial charge >= 0.3 is 0 Å². The maximum Gasteiger partial charge on any atom is 0.278 e. The van der Waals surface area contributed by atoms with Gasteiger partial charge in [-0.25, -0.2) is 4.52 Å². The standard InChI is InChI=1S/C22H28N4O3/c1-6-15(7-2)18-11-14(4)26-20(18)22(28)25(12-19(23)27)21(24-26)17-9-8-16(29-5)10-13(17)3/h8-11,15H,6-7,12H2,1-5H3,(H2,23,27). The third-order valence-electron chi connectivity index (χ3n) is 5.50. The first-order valence-electron chi connectivity index (χ1n) is 9.88. The van der Waals surface area contributed by atoms with Crippen molar-refractivity contribution < 1.29 is 9.53 Å². The SMILES string of the molecule is CCC(CC)c1cc(C)n2nc(-c3ccc(OC)cc3C)n(CC(N)=O)c(=O)c12. The molecule has 2 aromatic heterocycles. The number of fused-ring (bicyclic) bond motifs is 1. The van der Waals surface area contributed by atoms with Crippen molar-refractivity contribution in [3.05, 3.63) is 51.4 Å². The molecule has 0 aliphatic carbocycles. The molecular weight excluding hydrogens is 368 g/mol. The number of nitrogens with zero attached hydrogens (tertiary/aromatic N) is 3. The summed E-state index contributed by atoms with van der Waals surface area (Å²) in [5, 5.41) is 4.78. The van der Waals surface area contributed by atoms with E-state index in [1.54, 1.807) is 11.6 Å². The molecule has 0 saturated heterocycles. The lowest BCUT2D eigenvalue weighted by Crippen LogP contribution is -2.32. The lowest BCUT2D eigenvalue weighted by atomic mass is 9.95. The van der Waals surface area contributed by atoms with E-state index in [4.69, 9.17) is 15.6 Å². The van der Waals surface area contributed by atoms with E-state index in [9.17, 15) is 9.59 Å². The Balaban J connectivity index is 2.38. The van der Waals surface area contributed by atoms with Crippen LogP contribution in [0.5, 0.6) is 5.75 Å². The molecule has 0 spiro atoms. The van der Waals surface area contributed by atoms with Crippen molar-refractivity contribution in [1.29, 1.82) is 0 Å². The molecule has 0 aliphatic heterocycles. The number of amides is 1. The molecule has 0 unspecified atom stereocenters. The van der Waals surface area contributed by atoms with Gasteiger partial charge in [-0.05, 0) is 68.0 Å². The smallest absolute Gasteiger partial charge is 0.278 e. The molecule has 154 valence electrons. The van der Waals surface area contributed by atoms with Crippen LogP contribution in [-0.4, -0.2) is 27.2 Å². The van der Waals surface area contributed by atoms with E-state index >= 15 is 0 Å². The van der Waals surface area contributed by atoms with E-state index in [1.165, 1.54) is 4.57 Å². The summed E-state index contributed by atoms with van der Waals surface area (Å²) < 4.78 is 8.37. The van der Waals surface area contributed by atoms with Crippen molar-refractivity contribution in [2.45, 2.75) is 53.0 Å². The van der Waals surface area contributed by atoms with Crippen LogP contribution in [0.3, 0.4) is 0 Å². The van der Waals surface area contributed by atoms with Crippen LogP contribution in [0.1, 0.15) is 49.4 Å². The van der Waals surface area contributed by atoms with Crippen molar-refractivity contribution in [2.24, 2.45) is 5.73 Å². The first-order chi connectivity index (χ1) is 13.8. The molecule has 7 nitrogen and oxygen atoms in total. The summed E-state index contributed by atoms with van der Waals surface area (Å²) in [6.45, 7) is 7.85. The highest BCUT2D eigenvalue weighted by Crippen LogP contribution is 2.30. The lowest BCUT2D eigenvalue weighted by molar-refractivity contribution is -0.118. The molecule has 0 bridgehead atoms. The van der Waals surface area contributed by atoms with Crippen LogP contribution in [0.25, 0.3) is 16.9 Å². The molecule has 0 saturated carbocycles. The van der Waals surface area contributed by atoms with Crippen LogP contribution in [-0.2, 0) is 11.3 Å². The molecule has 0 atom stereocenters. The van der Waals surface area contributed by atoms with Crippen LogP contribution >= 0.6 is 0 Å². The summed E-state index contributed by atoms with van der Waals surface area (Å²) in [4.78, 5) is 25.3. The van der Waals surface area contributed by atoms with Gasteiger partial charge in [0.1, 0.15) is 17.8 Å². The monoisotopic (exact) mass is 396 g/mol. The number of carbonyl (C=O) groups is 1. The predicted octanol–water partition coefficient (Wildman–Crippen LogP) is 3.18. The number of hydrogen-bond acceptors (Lipinski definition) is 4. The van der Waals surface area contributed by atoms with Crippen LogP contribution in [0.2, 0.25) is 0 Å². The summed E-state index contributed by atoms with van der Waals surface area (Å²) >= 11 is 0. The molecule has 0 fully saturated rings. The quantitative estimate of drug-likeness (QED) is 0.664.